The summed E-state index contributed by atoms with van der Waals surface area (Å²) in [4.78, 5) is 24.1. The highest BCUT2D eigenvalue weighted by Crippen LogP contribution is 2.25. The van der Waals surface area contributed by atoms with Gasteiger partial charge in [-0.15, -0.1) is 0 Å². The molecule has 2 aromatic carbocycles. The van der Waals surface area contributed by atoms with Crippen LogP contribution in [0.4, 0.5) is 0 Å². The van der Waals surface area contributed by atoms with E-state index in [0.717, 1.165) is 29.5 Å². The number of carbonyl (C=O) groups is 2. The van der Waals surface area contributed by atoms with E-state index < -0.39 is 30.1 Å². The van der Waals surface area contributed by atoms with E-state index in [1.54, 1.807) is 13.0 Å². The number of aliphatic carboxylic acids is 1. The lowest BCUT2D eigenvalue weighted by Crippen LogP contribution is -2.51. The molecule has 0 radical (unpaired) electrons. The van der Waals surface area contributed by atoms with Crippen molar-refractivity contribution >= 4 is 11.9 Å². The molecule has 4 atom stereocenters. The Balaban J connectivity index is 1.87. The first-order valence-electron chi connectivity index (χ1n) is 12.0. The Morgan fingerprint density at radius 1 is 1.09 bits per heavy atom. The number of nitrogens with one attached hydrogen (secondary N) is 2. The molecule has 5 N–H and O–H groups in total. The zero-order valence-electron chi connectivity index (χ0n) is 20.3. The normalized spacial score (nSPS) is 14.7. The molecule has 34 heavy (non-hydrogen) atoms. The van der Waals surface area contributed by atoms with Crippen molar-refractivity contribution in [3.63, 3.8) is 0 Å². The molecule has 0 saturated heterocycles. The van der Waals surface area contributed by atoms with E-state index in [9.17, 15) is 24.9 Å². The van der Waals surface area contributed by atoms with Gasteiger partial charge >= 0.3 is 5.97 Å². The second-order valence-electron chi connectivity index (χ2n) is 8.95. The van der Waals surface area contributed by atoms with Crippen LogP contribution < -0.4 is 10.6 Å². The maximum atomic E-state index is 12.8. The van der Waals surface area contributed by atoms with Gasteiger partial charge in [0.25, 0.3) is 0 Å². The molecule has 0 saturated carbocycles. The third-order valence-electron chi connectivity index (χ3n) is 6.23. The maximum Gasteiger partial charge on any atom is 0.305 e. The lowest BCUT2D eigenvalue weighted by Gasteiger charge is -2.26. The van der Waals surface area contributed by atoms with Crippen LogP contribution in [0.2, 0.25) is 0 Å². The van der Waals surface area contributed by atoms with Crippen LogP contribution in [-0.2, 0) is 16.0 Å². The Hall–Kier alpha value is -2.90. The summed E-state index contributed by atoms with van der Waals surface area (Å²) in [5.41, 5.74) is 3.02. The summed E-state index contributed by atoms with van der Waals surface area (Å²) in [6, 6.07) is 14.0. The monoisotopic (exact) mass is 470 g/mol. The van der Waals surface area contributed by atoms with E-state index in [2.05, 4.69) is 17.6 Å². The molecule has 7 heteroatoms. The summed E-state index contributed by atoms with van der Waals surface area (Å²) >= 11 is 0. The van der Waals surface area contributed by atoms with Crippen molar-refractivity contribution in [3.8, 4) is 5.75 Å². The smallest absolute Gasteiger partial charge is 0.305 e. The minimum Gasteiger partial charge on any atom is -0.508 e. The maximum absolute atomic E-state index is 12.8. The van der Waals surface area contributed by atoms with Gasteiger partial charge in [-0.05, 0) is 74.8 Å². The molecule has 4 unspecified atom stereocenters. The number of aromatic hydroxyl groups is 1. The zero-order valence-corrected chi connectivity index (χ0v) is 20.3. The summed E-state index contributed by atoms with van der Waals surface area (Å²) in [5, 5.41) is 35.4. The summed E-state index contributed by atoms with van der Waals surface area (Å²) < 4.78 is 0. The molecular formula is C27H38N2O5. The van der Waals surface area contributed by atoms with Crippen molar-refractivity contribution in [2.45, 2.75) is 77.0 Å². The van der Waals surface area contributed by atoms with Gasteiger partial charge in [0.2, 0.25) is 5.91 Å². The lowest BCUT2D eigenvalue weighted by atomic mass is 9.89. The van der Waals surface area contributed by atoms with E-state index in [-0.39, 0.29) is 18.1 Å². The molecule has 0 heterocycles. The highest BCUT2D eigenvalue weighted by atomic mass is 16.4. The van der Waals surface area contributed by atoms with Crippen molar-refractivity contribution < 1.29 is 24.9 Å². The number of phenols is 1. The number of phenolic OH excluding ortho intramolecular Hbond substituents is 1. The topological polar surface area (TPSA) is 119 Å². The van der Waals surface area contributed by atoms with E-state index in [0.29, 0.717) is 19.4 Å². The summed E-state index contributed by atoms with van der Waals surface area (Å²) in [5.74, 6) is -1.07. The molecule has 0 fully saturated rings. The first kappa shape index (κ1) is 27.3. The fraction of sp³-hybridized carbons (Fsp3) is 0.481. The van der Waals surface area contributed by atoms with E-state index in [1.165, 1.54) is 0 Å². The largest absolute Gasteiger partial charge is 0.508 e. The number of aliphatic hydroxyl groups excluding tert-OH is 1. The molecule has 0 aliphatic carbocycles. The number of carboxylic acids is 1. The molecular weight excluding hydrogens is 432 g/mol. The van der Waals surface area contributed by atoms with Crippen LogP contribution in [0, 0.1) is 6.92 Å². The predicted molar refractivity (Wildman–Crippen MR) is 133 cm³/mol. The molecule has 0 spiro atoms. The summed E-state index contributed by atoms with van der Waals surface area (Å²) in [6.45, 7) is 6.11. The Bertz CT molecular complexity index is 918. The minimum absolute atomic E-state index is 0.173. The van der Waals surface area contributed by atoms with Crippen LogP contribution in [0.25, 0.3) is 0 Å². The quantitative estimate of drug-likeness (QED) is 0.270. The Morgan fingerprint density at radius 3 is 2.41 bits per heavy atom. The zero-order chi connectivity index (χ0) is 25.1. The van der Waals surface area contributed by atoms with Crippen LogP contribution in [0.1, 0.15) is 62.1 Å². The van der Waals surface area contributed by atoms with Gasteiger partial charge in [0.05, 0.1) is 24.6 Å². The van der Waals surface area contributed by atoms with Crippen LogP contribution in [0.15, 0.2) is 48.5 Å². The van der Waals surface area contributed by atoms with Gasteiger partial charge in [-0.1, -0.05) is 49.4 Å². The Kier molecular flexibility index (Phi) is 11.0. The van der Waals surface area contributed by atoms with Gasteiger partial charge in [0.1, 0.15) is 5.75 Å². The van der Waals surface area contributed by atoms with E-state index in [4.69, 9.17) is 0 Å². The second kappa shape index (κ2) is 13.7. The van der Waals surface area contributed by atoms with Gasteiger partial charge in [0, 0.05) is 0 Å². The molecule has 0 bridgehead atoms. The number of carboxylic acid groups (broad SMARTS) is 1. The minimum atomic E-state index is -1.06. The van der Waals surface area contributed by atoms with Gasteiger partial charge < -0.3 is 26.0 Å². The third kappa shape index (κ3) is 8.80. The first-order valence-corrected chi connectivity index (χ1v) is 12.0. The van der Waals surface area contributed by atoms with Crippen molar-refractivity contribution in [3.05, 3.63) is 65.2 Å². The number of rotatable bonds is 14. The standard InChI is InChI=1S/C27H38N2O5/c1-4-21(22-10-6-5-7-11-22)16-25(31)19(3)29-27(34)23(17-26(32)33)28-14-8-9-20-12-13-24(30)18(2)15-20/h5-7,10-13,15,19,21,23,25,28,30-31H,4,8-9,14,16-17H2,1-3H3,(H,29,34)(H,32,33). The van der Waals surface area contributed by atoms with Crippen molar-refractivity contribution in [2.24, 2.45) is 0 Å². The number of carbonyl (C=O) groups excluding carboxylic acids is 1. The fourth-order valence-corrected chi connectivity index (χ4v) is 4.05. The van der Waals surface area contributed by atoms with Crippen LogP contribution in [0.3, 0.4) is 0 Å². The van der Waals surface area contributed by atoms with E-state index in [1.807, 2.05) is 49.4 Å². The number of aliphatic hydroxyl groups is 1. The molecule has 2 aromatic rings. The average Bonchev–Trinajstić information content (AvgIpc) is 2.81. The fourth-order valence-electron chi connectivity index (χ4n) is 4.05. The number of benzene rings is 2. The highest BCUT2D eigenvalue weighted by molar-refractivity contribution is 5.86. The Labute approximate surface area is 202 Å². The van der Waals surface area contributed by atoms with Crippen molar-refractivity contribution in [1.29, 1.82) is 0 Å². The van der Waals surface area contributed by atoms with Gasteiger partial charge in [-0.25, -0.2) is 0 Å². The number of hydrogen-bond donors (Lipinski definition) is 5. The number of aryl methyl sites for hydroxylation is 2. The second-order valence-corrected chi connectivity index (χ2v) is 8.95. The molecule has 0 aromatic heterocycles. The molecule has 0 aliphatic heterocycles. The van der Waals surface area contributed by atoms with Crippen LogP contribution in [-0.4, -0.2) is 51.9 Å². The molecule has 0 aliphatic rings. The summed E-state index contributed by atoms with van der Waals surface area (Å²) in [7, 11) is 0. The van der Waals surface area contributed by atoms with Crippen molar-refractivity contribution in [2.75, 3.05) is 6.54 Å². The number of amides is 1. The molecule has 1 amide bonds. The van der Waals surface area contributed by atoms with E-state index >= 15 is 0 Å². The molecule has 7 nitrogen and oxygen atoms in total. The van der Waals surface area contributed by atoms with Crippen LogP contribution >= 0.6 is 0 Å². The Morgan fingerprint density at radius 2 is 1.79 bits per heavy atom. The van der Waals surface area contributed by atoms with Crippen molar-refractivity contribution in [1.82, 2.24) is 10.6 Å². The SMILES string of the molecule is CCC(CC(O)C(C)NC(=O)C(CC(=O)O)NCCCc1ccc(O)c(C)c1)c1ccccc1. The van der Waals surface area contributed by atoms with Gasteiger partial charge in [-0.2, -0.15) is 0 Å². The number of hydrogen-bond acceptors (Lipinski definition) is 5. The predicted octanol–water partition coefficient (Wildman–Crippen LogP) is 3.52. The van der Waals surface area contributed by atoms with Gasteiger partial charge in [0.15, 0.2) is 0 Å². The molecule has 2 rings (SSSR count). The van der Waals surface area contributed by atoms with Gasteiger partial charge in [-0.3, -0.25) is 9.59 Å². The summed E-state index contributed by atoms with van der Waals surface area (Å²) in [6.07, 6.45) is 1.73. The average molecular weight is 471 g/mol. The van der Waals surface area contributed by atoms with Crippen LogP contribution in [0.5, 0.6) is 5.75 Å². The first-order chi connectivity index (χ1) is 16.2. The lowest BCUT2D eigenvalue weighted by molar-refractivity contribution is -0.140. The third-order valence-corrected chi connectivity index (χ3v) is 6.23. The molecule has 186 valence electrons. The highest BCUT2D eigenvalue weighted by Gasteiger charge is 2.26.